The van der Waals surface area contributed by atoms with Crippen molar-refractivity contribution in [2.24, 2.45) is 0 Å². The first kappa shape index (κ1) is 29.1. The predicted octanol–water partition coefficient (Wildman–Crippen LogP) is 1.03. The van der Waals surface area contributed by atoms with Crippen molar-refractivity contribution in [2.45, 2.75) is 58.8 Å². The van der Waals surface area contributed by atoms with Crippen LogP contribution in [0.25, 0.3) is 11.1 Å². The molecule has 0 fully saturated rings. The molecule has 0 atom stereocenters. The summed E-state index contributed by atoms with van der Waals surface area (Å²) < 4.78 is 3.39. The van der Waals surface area contributed by atoms with Crippen molar-refractivity contribution in [3.8, 4) is 11.1 Å². The van der Waals surface area contributed by atoms with E-state index in [0.717, 1.165) is 30.3 Å². The minimum atomic E-state index is 0. The topological polar surface area (TPSA) is 0 Å². The molecule has 0 spiro atoms. The molecule has 0 saturated carbocycles. The van der Waals surface area contributed by atoms with Gasteiger partial charge in [-0.05, 0) is 23.0 Å². The van der Waals surface area contributed by atoms with Crippen LogP contribution in [0.1, 0.15) is 63.8 Å². The van der Waals surface area contributed by atoms with Crippen LogP contribution in [0.5, 0.6) is 0 Å². The SMILES string of the molecule is CC(C)(C)c1c[c-]c2c(c1)-c1cccc(C(C)(C)C)c1C2.[CH2]=[Hf+2].[Cl-].[Cl-].c1cc[cH-]c1. The molecule has 0 saturated heterocycles. The molecule has 0 aliphatic heterocycles. The molecule has 0 N–H and O–H groups in total. The van der Waals surface area contributed by atoms with Gasteiger partial charge < -0.3 is 24.8 Å². The Hall–Kier alpha value is -0.890. The van der Waals surface area contributed by atoms with E-state index in [-0.39, 0.29) is 35.6 Å². The van der Waals surface area contributed by atoms with Crippen LogP contribution in [-0.2, 0) is 41.1 Å². The van der Waals surface area contributed by atoms with E-state index in [0.29, 0.717) is 0 Å². The molecule has 30 heavy (non-hydrogen) atoms. The molecule has 3 heteroatoms. The van der Waals surface area contributed by atoms with Crippen LogP contribution >= 0.6 is 0 Å². The van der Waals surface area contributed by atoms with Gasteiger partial charge in [0.1, 0.15) is 0 Å². The quantitative estimate of drug-likeness (QED) is 0.208. The number of halogens is 2. The third-order valence-corrected chi connectivity index (χ3v) is 5.08. The van der Waals surface area contributed by atoms with Crippen LogP contribution in [0.2, 0.25) is 0 Å². The molecule has 3 aromatic rings. The molecular weight excluding hydrogens is 574 g/mol. The van der Waals surface area contributed by atoms with Gasteiger partial charge in [-0.2, -0.15) is 47.5 Å². The second kappa shape index (κ2) is 12.2. The zero-order valence-corrected chi connectivity index (χ0v) is 24.0. The van der Waals surface area contributed by atoms with Crippen LogP contribution < -0.4 is 24.8 Å². The molecule has 0 nitrogen and oxygen atoms in total. The van der Waals surface area contributed by atoms with Gasteiger partial charge in [-0.15, -0.1) is 5.56 Å². The number of benzene rings is 2. The maximum Gasteiger partial charge on any atom is -0.172 e. The summed E-state index contributed by atoms with van der Waals surface area (Å²) in [5.41, 5.74) is 8.88. The number of hydrogen-bond donors (Lipinski definition) is 0. The summed E-state index contributed by atoms with van der Waals surface area (Å²) in [6.07, 6.45) is 1.03. The van der Waals surface area contributed by atoms with E-state index in [4.69, 9.17) is 0 Å². The minimum Gasteiger partial charge on any atom is -1.00 e. The van der Waals surface area contributed by atoms with Crippen molar-refractivity contribution in [1.29, 1.82) is 0 Å². The zero-order valence-electron chi connectivity index (χ0n) is 18.9. The third-order valence-electron chi connectivity index (χ3n) is 5.08. The van der Waals surface area contributed by atoms with E-state index < -0.39 is 0 Å². The summed E-state index contributed by atoms with van der Waals surface area (Å²) in [6.45, 7) is 13.7. The smallest absolute Gasteiger partial charge is 0.172 e. The van der Waals surface area contributed by atoms with E-state index in [2.05, 4.69) is 82.2 Å². The second-order valence-corrected chi connectivity index (χ2v) is 9.25. The average Bonchev–Trinajstić information content (AvgIpc) is 3.32. The standard InChI is InChI=1S/C21H25.C5H5.CH2.2ClH.Hf/c1-20(2,3)15-11-10-14-12-18-16(17(14)13-15)8-7-9-19(18)21(4,5)6;1-2-4-5-3-1;;;;/h7-9,11,13H,12H2,1-6H3;1-5H;1H2;2*1H;/q2*-1;;;;+2/p-2. The fourth-order valence-electron chi connectivity index (χ4n) is 3.58. The summed E-state index contributed by atoms with van der Waals surface area (Å²) in [4.78, 5) is 0. The van der Waals surface area contributed by atoms with Gasteiger partial charge in [0.2, 0.25) is 0 Å². The van der Waals surface area contributed by atoms with Gasteiger partial charge in [0, 0.05) is 0 Å². The van der Waals surface area contributed by atoms with Crippen LogP contribution in [0.15, 0.2) is 60.7 Å². The summed E-state index contributed by atoms with van der Waals surface area (Å²) in [5, 5.41) is 0. The largest absolute Gasteiger partial charge is 1.00 e. The Morgan fingerprint density at radius 3 is 1.93 bits per heavy atom. The Morgan fingerprint density at radius 2 is 1.47 bits per heavy atom. The minimum absolute atomic E-state index is 0. The van der Waals surface area contributed by atoms with Gasteiger partial charge in [-0.25, -0.2) is 12.1 Å². The Balaban J connectivity index is 0.000000809. The monoisotopic (exact) mass is 606 g/mol. The molecule has 0 bridgehead atoms. The first-order valence-corrected chi connectivity index (χ1v) is 12.4. The summed E-state index contributed by atoms with van der Waals surface area (Å²) in [6, 6.07) is 24.9. The first-order chi connectivity index (χ1) is 13.2. The summed E-state index contributed by atoms with van der Waals surface area (Å²) in [7, 11) is 0. The molecule has 3 aromatic carbocycles. The fourth-order valence-corrected chi connectivity index (χ4v) is 3.58. The van der Waals surface area contributed by atoms with E-state index in [1.807, 2.05) is 30.3 Å². The summed E-state index contributed by atoms with van der Waals surface area (Å²) in [5.74, 6) is 0. The van der Waals surface area contributed by atoms with Gasteiger partial charge in [-0.1, -0.05) is 70.7 Å². The molecule has 4 rings (SSSR count). The van der Waals surface area contributed by atoms with Crippen LogP contribution in [0, 0.1) is 6.07 Å². The van der Waals surface area contributed by atoms with Crippen molar-refractivity contribution in [1.82, 2.24) is 0 Å². The predicted molar refractivity (Wildman–Crippen MR) is 120 cm³/mol. The number of rotatable bonds is 0. The van der Waals surface area contributed by atoms with Crippen LogP contribution in [0.4, 0.5) is 0 Å². The molecule has 160 valence electrons. The normalized spacial score (nSPS) is 11.3. The number of fused-ring (bicyclic) bond motifs is 3. The zero-order chi connectivity index (χ0) is 20.9. The van der Waals surface area contributed by atoms with Crippen molar-refractivity contribution in [3.63, 3.8) is 0 Å². The van der Waals surface area contributed by atoms with E-state index in [1.165, 1.54) is 33.4 Å². The molecule has 0 heterocycles. The van der Waals surface area contributed by atoms with Crippen LogP contribution in [-0.4, -0.2) is 4.26 Å². The van der Waals surface area contributed by atoms with Gasteiger partial charge in [-0.3, -0.25) is 0 Å². The molecule has 0 unspecified atom stereocenters. The second-order valence-electron chi connectivity index (χ2n) is 9.25. The first-order valence-electron chi connectivity index (χ1n) is 9.88. The van der Waals surface area contributed by atoms with Gasteiger partial charge in [0.05, 0.1) is 0 Å². The Kier molecular flexibility index (Phi) is 11.9. The Labute approximate surface area is 210 Å². The molecule has 0 amide bonds. The maximum absolute atomic E-state index is 3.55. The van der Waals surface area contributed by atoms with Gasteiger partial charge in [0.15, 0.2) is 0 Å². The molecule has 1 aliphatic rings. The van der Waals surface area contributed by atoms with Gasteiger partial charge in [0.25, 0.3) is 0 Å². The summed E-state index contributed by atoms with van der Waals surface area (Å²) >= 11 is 1.06. The van der Waals surface area contributed by atoms with E-state index >= 15 is 0 Å². The molecule has 0 radical (unpaired) electrons. The molecular formula is C27H32Cl2Hf-2. The molecule has 1 aliphatic carbocycles. The average molecular weight is 606 g/mol. The van der Waals surface area contributed by atoms with Crippen molar-refractivity contribution in [3.05, 3.63) is 89.0 Å². The Bertz CT molecular complexity index is 880. The van der Waals surface area contributed by atoms with Crippen molar-refractivity contribution in [2.75, 3.05) is 0 Å². The Morgan fingerprint density at radius 1 is 0.867 bits per heavy atom. The molecule has 0 aromatic heterocycles. The third kappa shape index (κ3) is 7.08. The number of hydrogen-bond acceptors (Lipinski definition) is 0. The fraction of sp³-hybridized carbons (Fsp3) is 0.333. The van der Waals surface area contributed by atoms with Crippen molar-refractivity contribution >= 4 is 4.26 Å². The maximum atomic E-state index is 3.55. The van der Waals surface area contributed by atoms with Crippen molar-refractivity contribution < 1.29 is 48.7 Å². The van der Waals surface area contributed by atoms with E-state index in [9.17, 15) is 0 Å². The van der Waals surface area contributed by atoms with E-state index in [1.54, 1.807) is 0 Å². The van der Waals surface area contributed by atoms with Gasteiger partial charge >= 0.3 is 28.2 Å². The van der Waals surface area contributed by atoms with Crippen LogP contribution in [0.3, 0.4) is 0 Å².